The highest BCUT2D eigenvalue weighted by atomic mass is 16.6. The maximum Gasteiger partial charge on any atom is 0.302 e. The van der Waals surface area contributed by atoms with E-state index in [-0.39, 0.29) is 29.6 Å². The van der Waals surface area contributed by atoms with E-state index in [4.69, 9.17) is 9.47 Å². The molecule has 5 rings (SSSR count). The van der Waals surface area contributed by atoms with Crippen molar-refractivity contribution < 1.29 is 19.1 Å². The lowest BCUT2D eigenvalue weighted by Crippen LogP contribution is -2.52. The second kappa shape index (κ2) is 5.73. The van der Waals surface area contributed by atoms with E-state index in [1.165, 1.54) is 38.5 Å². The number of carbonyl (C=O) groups is 2. The van der Waals surface area contributed by atoms with Crippen LogP contribution in [0.2, 0.25) is 0 Å². The normalized spacial score (nSPS) is 55.0. The van der Waals surface area contributed by atoms with Crippen LogP contribution in [0.3, 0.4) is 0 Å². The summed E-state index contributed by atoms with van der Waals surface area (Å²) >= 11 is 0. The van der Waals surface area contributed by atoms with Crippen molar-refractivity contribution in [1.29, 1.82) is 0 Å². The van der Waals surface area contributed by atoms with Crippen LogP contribution in [0.25, 0.3) is 0 Å². The molecule has 0 aromatic heterocycles. The SMILES string of the molecule is CC(=O)OC1C2CC3(C)C4CCC5(C)C(OC(C)=O)CCC5C4CCC3C21. The van der Waals surface area contributed by atoms with Gasteiger partial charge in [-0.05, 0) is 74.0 Å². The zero-order chi connectivity index (χ0) is 19.1. The molecule has 0 heterocycles. The lowest BCUT2D eigenvalue weighted by atomic mass is 9.47. The predicted molar refractivity (Wildman–Crippen MR) is 101 cm³/mol. The van der Waals surface area contributed by atoms with Gasteiger partial charge in [-0.1, -0.05) is 13.8 Å². The Kier molecular flexibility index (Phi) is 3.82. The monoisotopic (exact) mass is 374 g/mol. The minimum atomic E-state index is -0.118. The Morgan fingerprint density at radius 2 is 1.44 bits per heavy atom. The summed E-state index contributed by atoms with van der Waals surface area (Å²) in [6, 6.07) is 0. The molecule has 0 radical (unpaired) electrons. The van der Waals surface area contributed by atoms with Crippen molar-refractivity contribution in [1.82, 2.24) is 0 Å². The van der Waals surface area contributed by atoms with E-state index < -0.39 is 0 Å². The van der Waals surface area contributed by atoms with Gasteiger partial charge in [-0.3, -0.25) is 9.59 Å². The first kappa shape index (κ1) is 18.0. The number of hydrogen-bond donors (Lipinski definition) is 0. The van der Waals surface area contributed by atoms with Crippen molar-refractivity contribution in [2.24, 2.45) is 46.3 Å². The van der Waals surface area contributed by atoms with Gasteiger partial charge in [0.05, 0.1) is 0 Å². The van der Waals surface area contributed by atoms with Crippen molar-refractivity contribution in [3.63, 3.8) is 0 Å². The van der Waals surface area contributed by atoms with Crippen LogP contribution in [0.5, 0.6) is 0 Å². The average Bonchev–Trinajstić information content (AvgIpc) is 2.95. The van der Waals surface area contributed by atoms with Crippen molar-refractivity contribution >= 4 is 11.9 Å². The molecular formula is C23H34O4. The highest BCUT2D eigenvalue weighted by Gasteiger charge is 2.72. The van der Waals surface area contributed by atoms with Crippen LogP contribution in [-0.2, 0) is 19.1 Å². The largest absolute Gasteiger partial charge is 0.462 e. The van der Waals surface area contributed by atoms with Gasteiger partial charge in [0.25, 0.3) is 0 Å². The summed E-state index contributed by atoms with van der Waals surface area (Å²) in [6.45, 7) is 8.04. The fourth-order valence-electron chi connectivity index (χ4n) is 8.78. The van der Waals surface area contributed by atoms with Crippen LogP contribution in [0.1, 0.15) is 72.6 Å². The summed E-state index contributed by atoms with van der Waals surface area (Å²) in [5.41, 5.74) is 0.605. The van der Waals surface area contributed by atoms with E-state index in [0.29, 0.717) is 23.2 Å². The Bertz CT molecular complexity index is 673. The number of fused-ring (bicyclic) bond motifs is 7. The topological polar surface area (TPSA) is 52.6 Å². The molecule has 5 saturated carbocycles. The lowest BCUT2D eigenvalue weighted by Gasteiger charge is -2.58. The molecule has 150 valence electrons. The molecule has 0 spiro atoms. The smallest absolute Gasteiger partial charge is 0.302 e. The van der Waals surface area contributed by atoms with Gasteiger partial charge in [-0.2, -0.15) is 0 Å². The van der Waals surface area contributed by atoms with Gasteiger partial charge >= 0.3 is 11.9 Å². The van der Waals surface area contributed by atoms with E-state index in [2.05, 4.69) is 13.8 Å². The maximum absolute atomic E-state index is 11.6. The summed E-state index contributed by atoms with van der Waals surface area (Å²) in [7, 11) is 0. The van der Waals surface area contributed by atoms with Gasteiger partial charge in [0.15, 0.2) is 0 Å². The Balaban J connectivity index is 1.35. The first-order valence-electron chi connectivity index (χ1n) is 11.1. The molecule has 10 atom stereocenters. The van der Waals surface area contributed by atoms with E-state index in [1.54, 1.807) is 13.8 Å². The van der Waals surface area contributed by atoms with Crippen molar-refractivity contribution in [3.8, 4) is 0 Å². The fraction of sp³-hybridized carbons (Fsp3) is 0.913. The van der Waals surface area contributed by atoms with Crippen LogP contribution >= 0.6 is 0 Å². The van der Waals surface area contributed by atoms with Crippen molar-refractivity contribution in [2.45, 2.75) is 84.8 Å². The molecule has 4 nitrogen and oxygen atoms in total. The number of esters is 2. The zero-order valence-electron chi connectivity index (χ0n) is 17.2. The first-order chi connectivity index (χ1) is 12.8. The molecule has 5 aliphatic carbocycles. The van der Waals surface area contributed by atoms with E-state index >= 15 is 0 Å². The molecule has 0 aromatic rings. The Morgan fingerprint density at radius 3 is 2.15 bits per heavy atom. The summed E-state index contributed by atoms with van der Waals surface area (Å²) in [4.78, 5) is 23.0. The van der Waals surface area contributed by atoms with Gasteiger partial charge in [0.1, 0.15) is 12.2 Å². The quantitative estimate of drug-likeness (QED) is 0.674. The summed E-state index contributed by atoms with van der Waals surface area (Å²) < 4.78 is 11.4. The zero-order valence-corrected chi connectivity index (χ0v) is 17.2. The van der Waals surface area contributed by atoms with Gasteiger partial charge in [-0.25, -0.2) is 0 Å². The summed E-state index contributed by atoms with van der Waals surface area (Å²) in [6.07, 6.45) is 8.93. The fourth-order valence-corrected chi connectivity index (χ4v) is 8.78. The Morgan fingerprint density at radius 1 is 0.778 bits per heavy atom. The highest BCUT2D eigenvalue weighted by molar-refractivity contribution is 5.66. The van der Waals surface area contributed by atoms with Crippen molar-refractivity contribution in [2.75, 3.05) is 0 Å². The van der Waals surface area contributed by atoms with Crippen LogP contribution in [-0.4, -0.2) is 24.1 Å². The standard InChI is InChI=1S/C23H34O4/c1-12(24)26-19-8-7-16-14-5-6-18-20-15(21(20)27-13(2)25)11-23(18,4)17(14)9-10-22(16,19)3/h14-21H,5-11H2,1-4H3. The number of hydrogen-bond acceptors (Lipinski definition) is 4. The molecule has 0 N–H and O–H groups in total. The van der Waals surface area contributed by atoms with Crippen LogP contribution in [0.4, 0.5) is 0 Å². The van der Waals surface area contributed by atoms with Crippen LogP contribution in [0, 0.1) is 46.3 Å². The molecule has 0 aromatic carbocycles. The molecular weight excluding hydrogens is 340 g/mol. The third-order valence-corrected chi connectivity index (χ3v) is 9.76. The third kappa shape index (κ3) is 2.40. The summed E-state index contributed by atoms with van der Waals surface area (Å²) in [5, 5.41) is 0. The van der Waals surface area contributed by atoms with Gasteiger partial charge in [-0.15, -0.1) is 0 Å². The minimum Gasteiger partial charge on any atom is -0.462 e. The number of carbonyl (C=O) groups excluding carboxylic acids is 2. The Labute approximate surface area is 162 Å². The minimum absolute atomic E-state index is 0.110. The average molecular weight is 375 g/mol. The van der Waals surface area contributed by atoms with E-state index in [1.807, 2.05) is 0 Å². The van der Waals surface area contributed by atoms with Gasteiger partial charge in [0, 0.05) is 31.1 Å². The molecule has 0 aliphatic heterocycles. The van der Waals surface area contributed by atoms with Crippen LogP contribution < -0.4 is 0 Å². The third-order valence-electron chi connectivity index (χ3n) is 9.76. The molecule has 0 amide bonds. The van der Waals surface area contributed by atoms with E-state index in [9.17, 15) is 9.59 Å². The highest BCUT2D eigenvalue weighted by Crippen LogP contribution is 2.74. The molecule has 27 heavy (non-hydrogen) atoms. The second-order valence-corrected chi connectivity index (χ2v) is 10.8. The molecule has 10 unspecified atom stereocenters. The molecule has 0 bridgehead atoms. The molecule has 5 fully saturated rings. The lowest BCUT2D eigenvalue weighted by molar-refractivity contribution is -0.160. The maximum atomic E-state index is 11.6. The van der Waals surface area contributed by atoms with Gasteiger partial charge in [0.2, 0.25) is 0 Å². The summed E-state index contributed by atoms with van der Waals surface area (Å²) in [5.74, 6) is 4.06. The van der Waals surface area contributed by atoms with Crippen LogP contribution in [0.15, 0.2) is 0 Å². The molecule has 5 aliphatic rings. The van der Waals surface area contributed by atoms with E-state index in [0.717, 1.165) is 24.2 Å². The van der Waals surface area contributed by atoms with Gasteiger partial charge < -0.3 is 9.47 Å². The number of ether oxygens (including phenoxy) is 2. The first-order valence-corrected chi connectivity index (χ1v) is 11.1. The second-order valence-electron chi connectivity index (χ2n) is 10.8. The predicted octanol–water partition coefficient (Wildman–Crippen LogP) is 4.36. The van der Waals surface area contributed by atoms with Crippen molar-refractivity contribution in [3.05, 3.63) is 0 Å². The molecule has 4 heteroatoms. The Hall–Kier alpha value is -1.06. The molecule has 0 saturated heterocycles. The number of rotatable bonds is 2.